The largest absolute Gasteiger partial charge is 0.434 e. The van der Waals surface area contributed by atoms with Gasteiger partial charge in [-0.15, -0.1) is 0 Å². The number of hydrogen-bond donors (Lipinski definition) is 0. The average molecular weight is 439 g/mol. The number of carbonyl (C=O) groups is 1. The van der Waals surface area contributed by atoms with Gasteiger partial charge in [0.25, 0.3) is 0 Å². The Morgan fingerprint density at radius 2 is 1.52 bits per heavy atom. The number of allylic oxidation sites excluding steroid dienone is 2. The third kappa shape index (κ3) is 5.32. The van der Waals surface area contributed by atoms with E-state index in [2.05, 4.69) is 79.9 Å². The summed E-state index contributed by atoms with van der Waals surface area (Å²) in [7, 11) is -3.93. The summed E-state index contributed by atoms with van der Waals surface area (Å²) < 4.78 is 19.2. The summed E-state index contributed by atoms with van der Waals surface area (Å²) in [6, 6.07) is 0. The van der Waals surface area contributed by atoms with Crippen molar-refractivity contribution in [2.24, 2.45) is 11.8 Å². The minimum Gasteiger partial charge on any atom is -0.434 e. The fourth-order valence-corrected chi connectivity index (χ4v) is 6.28. The van der Waals surface area contributed by atoms with E-state index in [-0.39, 0.29) is 34.2 Å². The number of fused-ring (bicyclic) bond motifs is 1. The van der Waals surface area contributed by atoms with Gasteiger partial charge >= 0.3 is 5.97 Å². The maximum atomic E-state index is 11.4. The predicted molar refractivity (Wildman–Crippen MR) is 125 cm³/mol. The molecule has 0 spiro atoms. The number of hydrogen-bond acceptors (Lipinski definition) is 4. The summed E-state index contributed by atoms with van der Waals surface area (Å²) in [5.41, 5.74) is 1.05. The van der Waals surface area contributed by atoms with Crippen LogP contribution in [0.4, 0.5) is 0 Å². The number of ether oxygens (including phenoxy) is 1. The van der Waals surface area contributed by atoms with Crippen LogP contribution in [0, 0.1) is 11.8 Å². The van der Waals surface area contributed by atoms with Gasteiger partial charge in [-0.1, -0.05) is 53.7 Å². The monoisotopic (exact) mass is 438 g/mol. The van der Waals surface area contributed by atoms with Gasteiger partial charge < -0.3 is 13.6 Å². The minimum atomic E-state index is -1.99. The van der Waals surface area contributed by atoms with Crippen LogP contribution in [-0.2, 0) is 18.4 Å². The Balaban J connectivity index is 2.38. The van der Waals surface area contributed by atoms with Gasteiger partial charge in [0.2, 0.25) is 0 Å². The van der Waals surface area contributed by atoms with Gasteiger partial charge in [-0.3, -0.25) is 4.79 Å². The van der Waals surface area contributed by atoms with E-state index >= 15 is 0 Å². The first-order chi connectivity index (χ1) is 13.0. The molecular weight excluding hydrogens is 396 g/mol. The van der Waals surface area contributed by atoms with Crippen LogP contribution < -0.4 is 0 Å². The van der Waals surface area contributed by atoms with Crippen molar-refractivity contribution in [2.75, 3.05) is 0 Å². The van der Waals surface area contributed by atoms with Crippen LogP contribution in [0.2, 0.25) is 36.3 Å². The molecule has 0 aliphatic heterocycles. The van der Waals surface area contributed by atoms with Crippen LogP contribution in [0.25, 0.3) is 0 Å². The van der Waals surface area contributed by atoms with Crippen molar-refractivity contribution in [3.8, 4) is 0 Å². The molecule has 6 heteroatoms. The van der Waals surface area contributed by atoms with Crippen molar-refractivity contribution in [3.63, 3.8) is 0 Å². The van der Waals surface area contributed by atoms with E-state index in [4.69, 9.17) is 13.6 Å². The Labute approximate surface area is 180 Å². The molecule has 0 amide bonds. The summed E-state index contributed by atoms with van der Waals surface area (Å²) in [6.07, 6.45) is 7.00. The molecule has 0 bridgehead atoms. The first-order valence-electron chi connectivity index (χ1n) is 10.9. The molecule has 0 saturated heterocycles. The Morgan fingerprint density at radius 1 is 1.00 bits per heavy atom. The van der Waals surface area contributed by atoms with Crippen LogP contribution in [0.3, 0.4) is 0 Å². The molecule has 0 heterocycles. The summed E-state index contributed by atoms with van der Waals surface area (Å²) in [5, 5.41) is 0.275. The molecule has 0 aromatic carbocycles. The van der Waals surface area contributed by atoms with Crippen molar-refractivity contribution in [1.29, 1.82) is 0 Å². The van der Waals surface area contributed by atoms with E-state index in [9.17, 15) is 4.79 Å². The van der Waals surface area contributed by atoms with E-state index < -0.39 is 16.6 Å². The molecule has 0 aromatic rings. The lowest BCUT2D eigenvalue weighted by Crippen LogP contribution is -2.51. The topological polar surface area (TPSA) is 44.8 Å². The van der Waals surface area contributed by atoms with Gasteiger partial charge in [0.1, 0.15) is 0 Å². The van der Waals surface area contributed by atoms with E-state index in [0.29, 0.717) is 5.92 Å². The molecule has 2 aliphatic carbocycles. The Morgan fingerprint density at radius 3 is 2.00 bits per heavy atom. The number of carbonyl (C=O) groups excluding carboxylic acids is 1. The molecule has 0 unspecified atom stereocenters. The summed E-state index contributed by atoms with van der Waals surface area (Å²) in [6.45, 7) is 24.4. The molecule has 166 valence electrons. The second-order valence-corrected chi connectivity index (χ2v) is 21.3. The van der Waals surface area contributed by atoms with E-state index in [0.717, 1.165) is 12.0 Å². The summed E-state index contributed by atoms with van der Waals surface area (Å²) in [4.78, 5) is 11.4. The zero-order valence-electron chi connectivity index (χ0n) is 20.4. The van der Waals surface area contributed by atoms with Crippen LogP contribution in [-0.4, -0.2) is 34.8 Å². The van der Waals surface area contributed by atoms with E-state index in [1.54, 1.807) is 6.26 Å². The maximum absolute atomic E-state index is 11.4. The van der Waals surface area contributed by atoms with Crippen molar-refractivity contribution < 1.29 is 18.4 Å². The van der Waals surface area contributed by atoms with Crippen molar-refractivity contribution in [3.05, 3.63) is 24.0 Å². The Kier molecular flexibility index (Phi) is 6.86. The van der Waals surface area contributed by atoms with Crippen LogP contribution >= 0.6 is 0 Å². The standard InChI is InChI=1S/C23H42O4Si2/c1-16(24)25-15-18-13-12-17-14-19(26-28(8,9)22(2,3)4)21(20(17)18)27-29(10,11)23(5,6)7/h12-13,15,17,19-21H,14H2,1-11H3/b18-15+/t17-,19-,20+,21-/m1/s1. The van der Waals surface area contributed by atoms with Gasteiger partial charge in [-0.2, -0.15) is 0 Å². The fourth-order valence-electron chi connectivity index (χ4n) is 3.61. The SMILES string of the molecule is CC(=O)O/C=C1\C=C[C@@H]2C[C@@H](O[Si](C)(C)C(C)(C)C)[C@@H](O[Si](C)(C)C(C)(C)C)[C@H]12. The highest BCUT2D eigenvalue weighted by molar-refractivity contribution is 6.74. The minimum absolute atomic E-state index is 0.00757. The highest BCUT2D eigenvalue weighted by Crippen LogP contribution is 2.50. The van der Waals surface area contributed by atoms with Crippen LogP contribution in [0.15, 0.2) is 24.0 Å². The Bertz CT molecular complexity index is 680. The molecule has 0 N–H and O–H groups in total. The molecule has 0 aromatic heterocycles. The average Bonchev–Trinajstić information content (AvgIpc) is 3.03. The van der Waals surface area contributed by atoms with Crippen LogP contribution in [0.1, 0.15) is 54.9 Å². The summed E-state index contributed by atoms with van der Waals surface area (Å²) in [5.74, 6) is 0.280. The second kappa shape index (κ2) is 8.10. The number of rotatable bonds is 5. The van der Waals surface area contributed by atoms with Crippen molar-refractivity contribution >= 4 is 22.6 Å². The third-order valence-electron chi connectivity index (χ3n) is 7.46. The zero-order chi connectivity index (χ0) is 22.4. The molecule has 2 rings (SSSR count). The molecular formula is C23H42O4Si2. The smallest absolute Gasteiger partial charge is 0.307 e. The lowest BCUT2D eigenvalue weighted by atomic mass is 9.95. The lowest BCUT2D eigenvalue weighted by Gasteiger charge is -2.44. The molecule has 2 aliphatic rings. The molecule has 0 radical (unpaired) electrons. The van der Waals surface area contributed by atoms with Gasteiger partial charge in [0.05, 0.1) is 18.5 Å². The third-order valence-corrected chi connectivity index (χ3v) is 16.4. The van der Waals surface area contributed by atoms with Gasteiger partial charge in [0, 0.05) is 12.8 Å². The van der Waals surface area contributed by atoms with Crippen molar-refractivity contribution in [1.82, 2.24) is 0 Å². The van der Waals surface area contributed by atoms with Crippen molar-refractivity contribution in [2.45, 2.75) is 103 Å². The van der Waals surface area contributed by atoms with Crippen LogP contribution in [0.5, 0.6) is 0 Å². The van der Waals surface area contributed by atoms with E-state index in [1.165, 1.54) is 6.92 Å². The fraction of sp³-hybridized carbons (Fsp3) is 0.783. The van der Waals surface area contributed by atoms with Gasteiger partial charge in [-0.25, -0.2) is 0 Å². The lowest BCUT2D eigenvalue weighted by molar-refractivity contribution is -0.135. The molecule has 1 fully saturated rings. The first kappa shape index (κ1) is 24.6. The first-order valence-corrected chi connectivity index (χ1v) is 16.7. The summed E-state index contributed by atoms with van der Waals surface area (Å²) >= 11 is 0. The van der Waals surface area contributed by atoms with Gasteiger partial charge in [-0.05, 0) is 54.2 Å². The predicted octanol–water partition coefficient (Wildman–Crippen LogP) is 6.42. The molecule has 4 atom stereocenters. The van der Waals surface area contributed by atoms with E-state index in [1.807, 2.05) is 0 Å². The highest BCUT2D eigenvalue weighted by atomic mass is 28.4. The second-order valence-electron chi connectivity index (χ2n) is 11.8. The Hall–Kier alpha value is -0.696. The molecule has 4 nitrogen and oxygen atoms in total. The zero-order valence-corrected chi connectivity index (χ0v) is 22.4. The van der Waals surface area contributed by atoms with Gasteiger partial charge in [0.15, 0.2) is 16.6 Å². The highest BCUT2D eigenvalue weighted by Gasteiger charge is 2.53. The molecule has 29 heavy (non-hydrogen) atoms. The normalized spacial score (nSPS) is 29.4. The molecule has 1 saturated carbocycles. The quantitative estimate of drug-likeness (QED) is 0.282. The maximum Gasteiger partial charge on any atom is 0.307 e. The number of esters is 1.